The van der Waals surface area contributed by atoms with E-state index in [0.717, 1.165) is 22.9 Å². The maximum absolute atomic E-state index is 12.1. The van der Waals surface area contributed by atoms with E-state index in [9.17, 15) is 9.90 Å². The van der Waals surface area contributed by atoms with Crippen molar-refractivity contribution in [1.29, 1.82) is 0 Å². The standard InChI is InChI=1S/C18H17NO3S/c1-2-9-22-18(21)16-15(20)11-23-17(16)19-14-8-7-12-5-3-4-6-13(12)10-14/h3-8,10-11,19-20H,2,9H2,1H3. The highest BCUT2D eigenvalue weighted by Crippen LogP contribution is 2.36. The zero-order valence-corrected chi connectivity index (χ0v) is 13.5. The molecule has 1 heterocycles. The van der Waals surface area contributed by atoms with Crippen LogP contribution in [0.3, 0.4) is 0 Å². The van der Waals surface area contributed by atoms with E-state index in [1.54, 1.807) is 0 Å². The minimum absolute atomic E-state index is 0.0561. The number of rotatable bonds is 5. The first-order valence-corrected chi connectivity index (χ1v) is 8.30. The lowest BCUT2D eigenvalue weighted by molar-refractivity contribution is 0.0504. The fourth-order valence-electron chi connectivity index (χ4n) is 2.30. The summed E-state index contributed by atoms with van der Waals surface area (Å²) in [5.41, 5.74) is 1.05. The van der Waals surface area contributed by atoms with Crippen LogP contribution in [0.5, 0.6) is 5.75 Å². The van der Waals surface area contributed by atoms with Crippen molar-refractivity contribution >= 4 is 38.8 Å². The van der Waals surface area contributed by atoms with E-state index in [2.05, 4.69) is 5.32 Å². The number of anilines is 2. The van der Waals surface area contributed by atoms with Crippen LogP contribution >= 0.6 is 11.3 Å². The van der Waals surface area contributed by atoms with Gasteiger partial charge in [-0.25, -0.2) is 4.79 Å². The predicted molar refractivity (Wildman–Crippen MR) is 93.8 cm³/mol. The van der Waals surface area contributed by atoms with Crippen LogP contribution in [0.4, 0.5) is 10.7 Å². The van der Waals surface area contributed by atoms with Crippen molar-refractivity contribution in [3.8, 4) is 5.75 Å². The van der Waals surface area contributed by atoms with Crippen LogP contribution in [0.1, 0.15) is 23.7 Å². The number of benzene rings is 2. The summed E-state index contributed by atoms with van der Waals surface area (Å²) in [6.07, 6.45) is 0.740. The fraction of sp³-hybridized carbons (Fsp3) is 0.167. The lowest BCUT2D eigenvalue weighted by atomic mass is 10.1. The highest BCUT2D eigenvalue weighted by Gasteiger charge is 2.20. The number of thiophene rings is 1. The molecule has 0 amide bonds. The maximum Gasteiger partial charge on any atom is 0.344 e. The topological polar surface area (TPSA) is 58.6 Å². The molecule has 0 bridgehead atoms. The number of hydrogen-bond donors (Lipinski definition) is 2. The van der Waals surface area contributed by atoms with Crippen molar-refractivity contribution in [1.82, 2.24) is 0 Å². The average Bonchev–Trinajstić information content (AvgIpc) is 2.93. The van der Waals surface area contributed by atoms with Gasteiger partial charge in [-0.15, -0.1) is 11.3 Å². The van der Waals surface area contributed by atoms with Crippen molar-refractivity contribution < 1.29 is 14.6 Å². The normalized spacial score (nSPS) is 10.7. The Morgan fingerprint density at radius 1 is 1.22 bits per heavy atom. The largest absolute Gasteiger partial charge is 0.506 e. The van der Waals surface area contributed by atoms with Crippen LogP contribution in [0.25, 0.3) is 10.8 Å². The molecule has 0 aliphatic rings. The Balaban J connectivity index is 1.88. The first kappa shape index (κ1) is 15.4. The Morgan fingerprint density at radius 3 is 2.78 bits per heavy atom. The molecule has 0 aliphatic heterocycles. The molecule has 0 spiro atoms. The molecule has 0 unspecified atom stereocenters. The molecule has 4 nitrogen and oxygen atoms in total. The molecule has 0 aliphatic carbocycles. The average molecular weight is 327 g/mol. The van der Waals surface area contributed by atoms with Gasteiger partial charge in [-0.05, 0) is 29.3 Å². The van der Waals surface area contributed by atoms with Gasteiger partial charge in [-0.2, -0.15) is 0 Å². The fourth-order valence-corrected chi connectivity index (χ4v) is 3.13. The van der Waals surface area contributed by atoms with Crippen molar-refractivity contribution in [2.24, 2.45) is 0 Å². The van der Waals surface area contributed by atoms with Gasteiger partial charge in [0, 0.05) is 11.1 Å². The van der Waals surface area contributed by atoms with Gasteiger partial charge in [0.1, 0.15) is 16.3 Å². The molecule has 0 atom stereocenters. The molecule has 0 fully saturated rings. The molecule has 23 heavy (non-hydrogen) atoms. The molecule has 1 aromatic heterocycles. The zero-order valence-electron chi connectivity index (χ0n) is 12.7. The third-order valence-electron chi connectivity index (χ3n) is 3.42. The summed E-state index contributed by atoms with van der Waals surface area (Å²) in [6.45, 7) is 2.26. The maximum atomic E-state index is 12.1. The van der Waals surface area contributed by atoms with Gasteiger partial charge in [0.2, 0.25) is 0 Å². The highest BCUT2D eigenvalue weighted by molar-refractivity contribution is 7.15. The monoisotopic (exact) mass is 327 g/mol. The number of aromatic hydroxyl groups is 1. The smallest absolute Gasteiger partial charge is 0.344 e. The SMILES string of the molecule is CCCOC(=O)c1c(O)csc1Nc1ccc2ccccc2c1. The van der Waals surface area contributed by atoms with Gasteiger partial charge in [0.05, 0.1) is 6.61 Å². The minimum atomic E-state index is -0.506. The second-order valence-electron chi connectivity index (χ2n) is 5.15. The number of esters is 1. The number of carbonyl (C=O) groups is 1. The van der Waals surface area contributed by atoms with Gasteiger partial charge in [-0.3, -0.25) is 0 Å². The summed E-state index contributed by atoms with van der Waals surface area (Å²) >= 11 is 1.28. The Hall–Kier alpha value is -2.53. The van der Waals surface area contributed by atoms with Crippen LogP contribution in [-0.4, -0.2) is 17.7 Å². The molecular formula is C18H17NO3S. The predicted octanol–water partition coefficient (Wildman–Crippen LogP) is 4.92. The van der Waals surface area contributed by atoms with E-state index in [1.807, 2.05) is 49.4 Å². The third-order valence-corrected chi connectivity index (χ3v) is 4.30. The van der Waals surface area contributed by atoms with Crippen molar-refractivity contribution in [3.05, 3.63) is 53.4 Å². The summed E-state index contributed by atoms with van der Waals surface area (Å²) in [5.74, 6) is -0.562. The number of nitrogens with one attached hydrogen (secondary N) is 1. The molecule has 118 valence electrons. The quantitative estimate of drug-likeness (QED) is 0.653. The van der Waals surface area contributed by atoms with E-state index < -0.39 is 5.97 Å². The molecule has 5 heteroatoms. The molecule has 0 saturated heterocycles. The highest BCUT2D eigenvalue weighted by atomic mass is 32.1. The molecule has 0 saturated carbocycles. The van der Waals surface area contributed by atoms with Gasteiger partial charge in [-0.1, -0.05) is 37.3 Å². The van der Waals surface area contributed by atoms with Crippen LogP contribution in [0.2, 0.25) is 0 Å². The van der Waals surface area contributed by atoms with Gasteiger partial charge >= 0.3 is 5.97 Å². The van der Waals surface area contributed by atoms with Crippen LogP contribution in [0.15, 0.2) is 47.8 Å². The molecule has 3 aromatic rings. The Bertz CT molecular complexity index is 841. The van der Waals surface area contributed by atoms with E-state index in [-0.39, 0.29) is 11.3 Å². The lowest BCUT2D eigenvalue weighted by Gasteiger charge is -2.09. The first-order chi connectivity index (χ1) is 11.2. The minimum Gasteiger partial charge on any atom is -0.506 e. The molecule has 3 rings (SSSR count). The third kappa shape index (κ3) is 3.29. The number of carbonyl (C=O) groups excluding carboxylic acids is 1. The lowest BCUT2D eigenvalue weighted by Crippen LogP contribution is -2.07. The van der Waals surface area contributed by atoms with Crippen molar-refractivity contribution in [2.45, 2.75) is 13.3 Å². The molecule has 2 N–H and O–H groups in total. The van der Waals surface area contributed by atoms with Crippen molar-refractivity contribution in [3.63, 3.8) is 0 Å². The number of hydrogen-bond acceptors (Lipinski definition) is 5. The summed E-state index contributed by atoms with van der Waals surface area (Å²) in [7, 11) is 0. The second-order valence-corrected chi connectivity index (χ2v) is 6.03. The van der Waals surface area contributed by atoms with Crippen LogP contribution < -0.4 is 5.32 Å². The first-order valence-electron chi connectivity index (χ1n) is 7.42. The van der Waals surface area contributed by atoms with E-state index >= 15 is 0 Å². The van der Waals surface area contributed by atoms with Crippen LogP contribution in [0, 0.1) is 0 Å². The Kier molecular flexibility index (Phi) is 4.48. The Morgan fingerprint density at radius 2 is 2.00 bits per heavy atom. The van der Waals surface area contributed by atoms with Gasteiger partial charge in [0.25, 0.3) is 0 Å². The molecule has 0 radical (unpaired) electrons. The molecule has 2 aromatic carbocycles. The van der Waals surface area contributed by atoms with Crippen molar-refractivity contribution in [2.75, 3.05) is 11.9 Å². The Labute approximate surface area is 138 Å². The van der Waals surface area contributed by atoms with E-state index in [1.165, 1.54) is 16.7 Å². The summed E-state index contributed by atoms with van der Waals surface area (Å²) in [6, 6.07) is 14.0. The summed E-state index contributed by atoms with van der Waals surface area (Å²) < 4.78 is 5.13. The summed E-state index contributed by atoms with van der Waals surface area (Å²) in [5, 5.41) is 17.5. The number of fused-ring (bicyclic) bond motifs is 1. The molecular weight excluding hydrogens is 310 g/mol. The van der Waals surface area contributed by atoms with Gasteiger partial charge in [0.15, 0.2) is 0 Å². The van der Waals surface area contributed by atoms with Gasteiger partial charge < -0.3 is 15.2 Å². The van der Waals surface area contributed by atoms with Crippen LogP contribution in [-0.2, 0) is 4.74 Å². The second kappa shape index (κ2) is 6.71. The van der Waals surface area contributed by atoms with E-state index in [0.29, 0.717) is 11.6 Å². The van der Waals surface area contributed by atoms with E-state index in [4.69, 9.17) is 4.74 Å². The number of ether oxygens (including phenoxy) is 1. The zero-order chi connectivity index (χ0) is 16.2. The summed E-state index contributed by atoms with van der Waals surface area (Å²) in [4.78, 5) is 12.1.